The molecule has 2 N–H and O–H groups in total. The molecule has 2 aromatic carbocycles. The van der Waals surface area contributed by atoms with Gasteiger partial charge in [-0.25, -0.2) is 4.99 Å². The van der Waals surface area contributed by atoms with Crippen LogP contribution in [0.25, 0.3) is 17.4 Å². The number of aliphatic imine (C=N–C) groups is 1. The van der Waals surface area contributed by atoms with Crippen molar-refractivity contribution < 1.29 is 19.2 Å². The monoisotopic (exact) mass is 421 g/mol. The van der Waals surface area contributed by atoms with Crippen LogP contribution in [0.2, 0.25) is 0 Å². The Hall–Kier alpha value is -3.85. The lowest BCUT2D eigenvalue weighted by Crippen LogP contribution is -2.19. The number of thioether (sulfide) groups is 1. The summed E-state index contributed by atoms with van der Waals surface area (Å²) in [7, 11) is 0. The number of phenols is 1. The number of nitrogens with one attached hydrogen (secondary N) is 1. The van der Waals surface area contributed by atoms with Crippen LogP contribution in [0, 0.1) is 17.0 Å². The van der Waals surface area contributed by atoms with Crippen LogP contribution in [0.4, 0.5) is 11.4 Å². The number of amides is 1. The number of amidine groups is 1. The topological polar surface area (TPSA) is 118 Å². The summed E-state index contributed by atoms with van der Waals surface area (Å²) in [6.45, 7) is 1.88. The second-order valence-corrected chi connectivity index (χ2v) is 7.51. The molecule has 0 saturated carbocycles. The maximum atomic E-state index is 12.3. The Morgan fingerprint density at radius 1 is 1.17 bits per heavy atom. The molecule has 1 fully saturated rings. The van der Waals surface area contributed by atoms with Gasteiger partial charge < -0.3 is 14.8 Å². The molecule has 0 atom stereocenters. The van der Waals surface area contributed by atoms with Gasteiger partial charge in [0.25, 0.3) is 11.6 Å². The fourth-order valence-electron chi connectivity index (χ4n) is 2.78. The van der Waals surface area contributed by atoms with Crippen molar-refractivity contribution >= 4 is 40.3 Å². The number of carbonyl (C=O) groups excluding carboxylic acids is 1. The molecule has 0 spiro atoms. The van der Waals surface area contributed by atoms with Gasteiger partial charge in [0.05, 0.1) is 9.83 Å². The molecule has 1 amide bonds. The van der Waals surface area contributed by atoms with E-state index in [9.17, 15) is 20.0 Å². The quantitative estimate of drug-likeness (QED) is 0.356. The van der Waals surface area contributed by atoms with Gasteiger partial charge in [0.2, 0.25) is 0 Å². The molecule has 4 rings (SSSR count). The van der Waals surface area contributed by atoms with E-state index in [1.807, 2.05) is 6.92 Å². The van der Waals surface area contributed by atoms with Gasteiger partial charge in [-0.3, -0.25) is 14.9 Å². The SMILES string of the molecule is Cc1ccc(O)c(N=C2NC(=O)C(=Cc3ccc(-c4ccc([N+](=O)[O-])cc4)o3)S2)c1. The molecule has 0 radical (unpaired) electrons. The van der Waals surface area contributed by atoms with E-state index in [-0.39, 0.29) is 17.3 Å². The summed E-state index contributed by atoms with van der Waals surface area (Å²) in [6.07, 6.45) is 1.59. The van der Waals surface area contributed by atoms with E-state index >= 15 is 0 Å². The van der Waals surface area contributed by atoms with Gasteiger partial charge in [-0.1, -0.05) is 6.07 Å². The molecule has 1 aromatic heterocycles. The van der Waals surface area contributed by atoms with Crippen LogP contribution in [0.1, 0.15) is 11.3 Å². The highest BCUT2D eigenvalue weighted by Gasteiger charge is 2.24. The van der Waals surface area contributed by atoms with Crippen molar-refractivity contribution in [2.45, 2.75) is 6.92 Å². The number of non-ortho nitro benzene ring substituents is 1. The number of aryl methyl sites for hydroxylation is 1. The summed E-state index contributed by atoms with van der Waals surface area (Å²) in [4.78, 5) is 27.3. The maximum absolute atomic E-state index is 12.3. The first-order chi connectivity index (χ1) is 14.4. The third-order valence-corrected chi connectivity index (χ3v) is 5.18. The Labute approximate surface area is 175 Å². The standard InChI is InChI=1S/C21H15N3O5S/c1-12-2-8-17(25)16(10-12)22-21-23-20(26)19(30-21)11-15-7-9-18(29-15)13-3-5-14(6-4-13)24(27)28/h2-11,25H,1H3,(H,22,23,26). The molecule has 1 aliphatic rings. The minimum atomic E-state index is -0.465. The Balaban J connectivity index is 1.54. The lowest BCUT2D eigenvalue weighted by atomic mass is 10.1. The smallest absolute Gasteiger partial charge is 0.269 e. The first-order valence-corrected chi connectivity index (χ1v) is 9.64. The van der Waals surface area contributed by atoms with E-state index in [1.54, 1.807) is 48.5 Å². The Morgan fingerprint density at radius 2 is 1.93 bits per heavy atom. The van der Waals surface area contributed by atoms with Crippen molar-refractivity contribution in [1.29, 1.82) is 0 Å². The van der Waals surface area contributed by atoms with Gasteiger partial charge in [0, 0.05) is 23.8 Å². The molecule has 1 aliphatic heterocycles. The summed E-state index contributed by atoms with van der Waals surface area (Å²) >= 11 is 1.14. The van der Waals surface area contributed by atoms with Crippen molar-refractivity contribution in [2.24, 2.45) is 4.99 Å². The third-order valence-electron chi connectivity index (χ3n) is 4.27. The third kappa shape index (κ3) is 4.11. The van der Waals surface area contributed by atoms with E-state index < -0.39 is 4.92 Å². The Kier molecular flexibility index (Phi) is 5.11. The second-order valence-electron chi connectivity index (χ2n) is 6.48. The molecule has 0 aliphatic carbocycles. The molecule has 3 aromatic rings. The van der Waals surface area contributed by atoms with Crippen molar-refractivity contribution in [3.8, 4) is 17.1 Å². The highest BCUT2D eigenvalue weighted by molar-refractivity contribution is 8.18. The molecule has 2 heterocycles. The molecule has 1 saturated heterocycles. The number of phenolic OH excluding ortho intramolecular Hbond substituents is 1. The van der Waals surface area contributed by atoms with Gasteiger partial charge >= 0.3 is 0 Å². The summed E-state index contributed by atoms with van der Waals surface area (Å²) in [6, 6.07) is 14.5. The van der Waals surface area contributed by atoms with Crippen LogP contribution < -0.4 is 5.32 Å². The van der Waals surface area contributed by atoms with Crippen LogP contribution in [0.3, 0.4) is 0 Å². The highest BCUT2D eigenvalue weighted by Crippen LogP contribution is 2.33. The Bertz CT molecular complexity index is 1210. The molecule has 8 nitrogen and oxygen atoms in total. The van der Waals surface area contributed by atoms with Gasteiger partial charge in [-0.15, -0.1) is 0 Å². The first-order valence-electron chi connectivity index (χ1n) is 8.83. The van der Waals surface area contributed by atoms with Crippen LogP contribution in [-0.4, -0.2) is 21.1 Å². The van der Waals surface area contributed by atoms with E-state index in [4.69, 9.17) is 4.42 Å². The van der Waals surface area contributed by atoms with Crippen LogP contribution >= 0.6 is 11.8 Å². The van der Waals surface area contributed by atoms with Crippen LogP contribution in [0.15, 0.2) is 68.9 Å². The second kappa shape index (κ2) is 7.88. The number of furan rings is 1. The number of nitrogens with zero attached hydrogens (tertiary/aromatic N) is 2. The molecular weight excluding hydrogens is 406 g/mol. The van der Waals surface area contributed by atoms with Crippen molar-refractivity contribution in [2.75, 3.05) is 0 Å². The first kappa shape index (κ1) is 19.5. The number of aromatic hydroxyl groups is 1. The zero-order chi connectivity index (χ0) is 21.3. The fraction of sp³-hybridized carbons (Fsp3) is 0.0476. The Morgan fingerprint density at radius 3 is 2.67 bits per heavy atom. The number of carbonyl (C=O) groups is 1. The fourth-order valence-corrected chi connectivity index (χ4v) is 3.59. The highest BCUT2D eigenvalue weighted by atomic mass is 32.2. The molecule has 150 valence electrons. The van der Waals surface area contributed by atoms with E-state index in [0.717, 1.165) is 17.3 Å². The van der Waals surface area contributed by atoms with Gasteiger partial charge in [0.1, 0.15) is 23.0 Å². The number of benzene rings is 2. The zero-order valence-electron chi connectivity index (χ0n) is 15.7. The number of nitro groups is 1. The van der Waals surface area contributed by atoms with Gasteiger partial charge in [0.15, 0.2) is 5.17 Å². The number of rotatable bonds is 4. The molecule has 0 bridgehead atoms. The lowest BCUT2D eigenvalue weighted by molar-refractivity contribution is -0.384. The van der Waals surface area contributed by atoms with Crippen LogP contribution in [0.5, 0.6) is 5.75 Å². The lowest BCUT2D eigenvalue weighted by Gasteiger charge is -2.01. The summed E-state index contributed by atoms with van der Waals surface area (Å²) in [5.74, 6) is 0.692. The number of hydrogen-bond acceptors (Lipinski definition) is 7. The van der Waals surface area contributed by atoms with Crippen LogP contribution in [-0.2, 0) is 4.79 Å². The van der Waals surface area contributed by atoms with Gasteiger partial charge in [-0.05, 0) is 60.6 Å². The van der Waals surface area contributed by atoms with E-state index in [0.29, 0.717) is 32.8 Å². The van der Waals surface area contributed by atoms with Crippen molar-refractivity contribution in [3.05, 3.63) is 80.9 Å². The molecule has 0 unspecified atom stereocenters. The predicted molar refractivity (Wildman–Crippen MR) is 114 cm³/mol. The summed E-state index contributed by atoms with van der Waals surface area (Å²) in [5.41, 5.74) is 1.99. The van der Waals surface area contributed by atoms with Crippen molar-refractivity contribution in [1.82, 2.24) is 5.32 Å². The van der Waals surface area contributed by atoms with E-state index in [1.165, 1.54) is 12.1 Å². The van der Waals surface area contributed by atoms with Gasteiger partial charge in [-0.2, -0.15) is 0 Å². The average molecular weight is 421 g/mol. The molecule has 30 heavy (non-hydrogen) atoms. The number of nitro benzene ring substituents is 1. The predicted octanol–water partition coefficient (Wildman–Crippen LogP) is 4.76. The summed E-state index contributed by atoms with van der Waals surface area (Å²) < 4.78 is 5.75. The maximum Gasteiger partial charge on any atom is 0.269 e. The number of hydrogen-bond donors (Lipinski definition) is 2. The average Bonchev–Trinajstić information content (AvgIpc) is 3.32. The largest absolute Gasteiger partial charge is 0.506 e. The summed E-state index contributed by atoms with van der Waals surface area (Å²) in [5, 5.41) is 23.7. The van der Waals surface area contributed by atoms with Crippen molar-refractivity contribution in [3.63, 3.8) is 0 Å². The molecular formula is C21H15N3O5S. The normalized spacial score (nSPS) is 16.2. The zero-order valence-corrected chi connectivity index (χ0v) is 16.5. The molecule has 9 heteroatoms. The van der Waals surface area contributed by atoms with E-state index in [2.05, 4.69) is 10.3 Å². The minimum Gasteiger partial charge on any atom is -0.506 e. The minimum absolute atomic E-state index is 0.00172.